The van der Waals surface area contributed by atoms with Crippen LogP contribution in [0.4, 0.5) is 5.69 Å². The number of hydrogen-bond acceptors (Lipinski definition) is 4. The Labute approximate surface area is 148 Å². The first-order valence-corrected chi connectivity index (χ1v) is 9.06. The van der Waals surface area contributed by atoms with E-state index in [9.17, 15) is 4.79 Å². The standard InChI is InChI=1S/C17H24N2O2S.ClH/c20-17(11-14-12-18-9-10-21-14)19-13-5-7-16(8-6-13)22-15-3-1-2-4-15;/h5-8,14-15,18H,1-4,9-12H2,(H,19,20);1H. The zero-order valence-corrected chi connectivity index (χ0v) is 14.9. The highest BCUT2D eigenvalue weighted by molar-refractivity contribution is 8.00. The van der Waals surface area contributed by atoms with Crippen LogP contribution in [-0.4, -0.2) is 37.0 Å². The van der Waals surface area contributed by atoms with E-state index in [0.717, 1.165) is 24.0 Å². The fourth-order valence-corrected chi connectivity index (χ4v) is 4.23. The molecule has 2 aliphatic rings. The quantitative estimate of drug-likeness (QED) is 0.848. The zero-order valence-electron chi connectivity index (χ0n) is 13.3. The molecule has 1 unspecified atom stereocenters. The minimum atomic E-state index is -0.00838. The number of amides is 1. The van der Waals surface area contributed by atoms with E-state index >= 15 is 0 Å². The van der Waals surface area contributed by atoms with Crippen molar-refractivity contribution in [3.8, 4) is 0 Å². The van der Waals surface area contributed by atoms with Gasteiger partial charge in [-0.05, 0) is 37.1 Å². The van der Waals surface area contributed by atoms with Gasteiger partial charge in [-0.1, -0.05) is 12.8 Å². The average Bonchev–Trinajstić information content (AvgIpc) is 3.03. The molecular formula is C17H25ClN2O2S. The molecule has 0 bridgehead atoms. The molecule has 2 fully saturated rings. The number of ether oxygens (including phenoxy) is 1. The van der Waals surface area contributed by atoms with Crippen molar-refractivity contribution in [2.75, 3.05) is 25.0 Å². The lowest BCUT2D eigenvalue weighted by molar-refractivity contribution is -0.119. The third-order valence-electron chi connectivity index (χ3n) is 4.16. The van der Waals surface area contributed by atoms with Gasteiger partial charge < -0.3 is 15.4 Å². The van der Waals surface area contributed by atoms with Gasteiger partial charge in [-0.25, -0.2) is 0 Å². The maximum absolute atomic E-state index is 12.0. The fourth-order valence-electron chi connectivity index (χ4n) is 2.99. The van der Waals surface area contributed by atoms with Gasteiger partial charge in [0.2, 0.25) is 5.91 Å². The lowest BCUT2D eigenvalue weighted by Gasteiger charge is -2.23. The molecule has 0 aromatic heterocycles. The van der Waals surface area contributed by atoms with Gasteiger partial charge in [0.05, 0.1) is 19.1 Å². The van der Waals surface area contributed by atoms with Crippen LogP contribution in [0.5, 0.6) is 0 Å². The van der Waals surface area contributed by atoms with Crippen molar-refractivity contribution in [2.24, 2.45) is 0 Å². The fraction of sp³-hybridized carbons (Fsp3) is 0.588. The van der Waals surface area contributed by atoms with Crippen molar-refractivity contribution in [3.63, 3.8) is 0 Å². The van der Waals surface area contributed by atoms with Gasteiger partial charge in [0.1, 0.15) is 0 Å². The first kappa shape index (κ1) is 18.6. The van der Waals surface area contributed by atoms with Crippen molar-refractivity contribution in [2.45, 2.75) is 48.4 Å². The Morgan fingerprint density at radius 1 is 1.26 bits per heavy atom. The smallest absolute Gasteiger partial charge is 0.227 e. The minimum absolute atomic E-state index is 0. The number of rotatable bonds is 5. The van der Waals surface area contributed by atoms with Crippen molar-refractivity contribution in [1.82, 2.24) is 5.32 Å². The number of hydrogen-bond donors (Lipinski definition) is 2. The highest BCUT2D eigenvalue weighted by Gasteiger charge is 2.18. The second-order valence-corrected chi connectivity index (χ2v) is 7.37. The van der Waals surface area contributed by atoms with E-state index in [0.29, 0.717) is 13.0 Å². The Hall–Kier alpha value is -0.750. The summed E-state index contributed by atoms with van der Waals surface area (Å²) in [5, 5.41) is 6.97. The predicted octanol–water partition coefficient (Wildman–Crippen LogP) is 3.46. The van der Waals surface area contributed by atoms with Crippen LogP contribution in [0.15, 0.2) is 29.2 Å². The van der Waals surface area contributed by atoms with Crippen molar-refractivity contribution in [1.29, 1.82) is 0 Å². The number of halogens is 1. The highest BCUT2D eigenvalue weighted by Crippen LogP contribution is 2.34. The Balaban J connectivity index is 0.00000192. The minimum Gasteiger partial charge on any atom is -0.375 e. The molecule has 1 saturated carbocycles. The molecule has 23 heavy (non-hydrogen) atoms. The number of thioether (sulfide) groups is 1. The SMILES string of the molecule is Cl.O=C(CC1CNCCO1)Nc1ccc(SC2CCCC2)cc1. The van der Waals surface area contributed by atoms with E-state index in [4.69, 9.17) is 4.74 Å². The first-order valence-electron chi connectivity index (χ1n) is 8.18. The molecule has 1 aromatic rings. The summed E-state index contributed by atoms with van der Waals surface area (Å²) in [5.41, 5.74) is 0.865. The van der Waals surface area contributed by atoms with E-state index in [2.05, 4.69) is 22.8 Å². The van der Waals surface area contributed by atoms with Gasteiger partial charge in [0.25, 0.3) is 0 Å². The molecule has 1 aliphatic carbocycles. The average molecular weight is 357 g/mol. The monoisotopic (exact) mass is 356 g/mol. The van der Waals surface area contributed by atoms with Crippen molar-refractivity contribution < 1.29 is 9.53 Å². The molecule has 2 N–H and O–H groups in total. The van der Waals surface area contributed by atoms with Gasteiger partial charge in [-0.2, -0.15) is 0 Å². The molecule has 3 rings (SSSR count). The molecule has 1 heterocycles. The summed E-state index contributed by atoms with van der Waals surface area (Å²) in [6.07, 6.45) is 5.79. The number of carbonyl (C=O) groups is 1. The molecule has 1 aliphatic heterocycles. The van der Waals surface area contributed by atoms with E-state index in [-0.39, 0.29) is 24.4 Å². The van der Waals surface area contributed by atoms with Crippen LogP contribution in [0.2, 0.25) is 0 Å². The van der Waals surface area contributed by atoms with Crippen LogP contribution >= 0.6 is 24.2 Å². The molecule has 0 radical (unpaired) electrons. The molecule has 6 heteroatoms. The number of benzene rings is 1. The normalized spacial score (nSPS) is 21.7. The number of anilines is 1. The lowest BCUT2D eigenvalue weighted by Crippen LogP contribution is -2.40. The van der Waals surface area contributed by atoms with Gasteiger partial charge in [-0.3, -0.25) is 4.79 Å². The van der Waals surface area contributed by atoms with Gasteiger partial charge >= 0.3 is 0 Å². The molecule has 1 aromatic carbocycles. The Morgan fingerprint density at radius 3 is 2.65 bits per heavy atom. The van der Waals surface area contributed by atoms with Crippen molar-refractivity contribution >= 4 is 35.8 Å². The van der Waals surface area contributed by atoms with Crippen molar-refractivity contribution in [3.05, 3.63) is 24.3 Å². The van der Waals surface area contributed by atoms with Crippen LogP contribution in [-0.2, 0) is 9.53 Å². The van der Waals surface area contributed by atoms with Gasteiger partial charge in [0.15, 0.2) is 0 Å². The number of morpholine rings is 1. The zero-order chi connectivity index (χ0) is 15.2. The summed E-state index contributed by atoms with van der Waals surface area (Å²) in [4.78, 5) is 13.3. The Bertz CT molecular complexity index is 486. The van der Waals surface area contributed by atoms with Crippen LogP contribution in [0, 0.1) is 0 Å². The van der Waals surface area contributed by atoms with Gasteiger partial charge in [-0.15, -0.1) is 24.2 Å². The van der Waals surface area contributed by atoms with Crippen LogP contribution in [0.3, 0.4) is 0 Å². The Morgan fingerprint density at radius 2 is 2.00 bits per heavy atom. The van der Waals surface area contributed by atoms with E-state index in [1.807, 2.05) is 23.9 Å². The third-order valence-corrected chi connectivity index (χ3v) is 5.51. The van der Waals surface area contributed by atoms with Crippen LogP contribution < -0.4 is 10.6 Å². The van der Waals surface area contributed by atoms with Crippen LogP contribution in [0.25, 0.3) is 0 Å². The second-order valence-electron chi connectivity index (χ2n) is 6.00. The predicted molar refractivity (Wildman–Crippen MR) is 97.7 cm³/mol. The maximum atomic E-state index is 12.0. The molecule has 128 valence electrons. The summed E-state index contributed by atoms with van der Waals surface area (Å²) in [7, 11) is 0. The molecule has 4 nitrogen and oxygen atoms in total. The highest BCUT2D eigenvalue weighted by atomic mass is 35.5. The van der Waals surface area contributed by atoms with E-state index in [1.165, 1.54) is 30.6 Å². The Kier molecular flexibility index (Phi) is 7.70. The summed E-state index contributed by atoms with van der Waals surface area (Å²) in [5.74, 6) is 0.0184. The topological polar surface area (TPSA) is 50.4 Å². The summed E-state index contributed by atoms with van der Waals surface area (Å²) >= 11 is 1.97. The van der Waals surface area contributed by atoms with E-state index < -0.39 is 0 Å². The molecule has 1 amide bonds. The summed E-state index contributed by atoms with van der Waals surface area (Å²) in [6, 6.07) is 8.21. The molecule has 0 spiro atoms. The largest absolute Gasteiger partial charge is 0.375 e. The summed E-state index contributed by atoms with van der Waals surface area (Å²) in [6.45, 7) is 2.31. The molecule has 1 atom stereocenters. The molecular weight excluding hydrogens is 332 g/mol. The number of nitrogens with one attached hydrogen (secondary N) is 2. The lowest BCUT2D eigenvalue weighted by atomic mass is 10.2. The molecule has 1 saturated heterocycles. The summed E-state index contributed by atoms with van der Waals surface area (Å²) < 4.78 is 5.55. The van der Waals surface area contributed by atoms with Crippen LogP contribution in [0.1, 0.15) is 32.1 Å². The number of carbonyl (C=O) groups excluding carboxylic acids is 1. The second kappa shape index (κ2) is 9.52. The maximum Gasteiger partial charge on any atom is 0.227 e. The first-order chi connectivity index (χ1) is 10.8. The van der Waals surface area contributed by atoms with E-state index in [1.54, 1.807) is 0 Å². The van der Waals surface area contributed by atoms with Gasteiger partial charge in [0, 0.05) is 28.9 Å². The third kappa shape index (κ3) is 5.99.